The first-order valence-corrected chi connectivity index (χ1v) is 7.43. The monoisotopic (exact) mass is 295 g/mol. The summed E-state index contributed by atoms with van der Waals surface area (Å²) in [5, 5.41) is 12.1. The molecule has 1 aliphatic heterocycles. The molecule has 0 spiro atoms. The zero-order valence-electron chi connectivity index (χ0n) is 12.1. The van der Waals surface area contributed by atoms with Crippen molar-refractivity contribution >= 4 is 0 Å². The van der Waals surface area contributed by atoms with Crippen LogP contribution in [-0.2, 0) is 19.5 Å². The van der Waals surface area contributed by atoms with Crippen LogP contribution in [0, 0.1) is 0 Å². The Morgan fingerprint density at radius 2 is 2.14 bits per heavy atom. The van der Waals surface area contributed by atoms with E-state index in [0.717, 1.165) is 37.4 Å². The minimum Gasteiger partial charge on any atom is -0.308 e. The molecule has 112 valence electrons. The summed E-state index contributed by atoms with van der Waals surface area (Å²) in [6.07, 6.45) is 6.98. The van der Waals surface area contributed by atoms with Crippen LogP contribution in [-0.4, -0.2) is 35.6 Å². The molecule has 1 atom stereocenters. The number of para-hydroxylation sites is 1. The van der Waals surface area contributed by atoms with E-state index in [2.05, 4.69) is 37.6 Å². The summed E-state index contributed by atoms with van der Waals surface area (Å²) < 4.78 is 3.79. The Balaban J connectivity index is 1.47. The Morgan fingerprint density at radius 1 is 1.18 bits per heavy atom. The van der Waals surface area contributed by atoms with Crippen molar-refractivity contribution in [3.63, 3.8) is 0 Å². The van der Waals surface area contributed by atoms with Crippen LogP contribution in [0.5, 0.6) is 0 Å². The van der Waals surface area contributed by atoms with Gasteiger partial charge in [0.1, 0.15) is 24.8 Å². The molecule has 7 heteroatoms. The molecule has 0 fully saturated rings. The van der Waals surface area contributed by atoms with Crippen LogP contribution in [0.4, 0.5) is 0 Å². The van der Waals surface area contributed by atoms with Gasteiger partial charge in [0.05, 0.1) is 12.2 Å². The molecule has 0 aliphatic carbocycles. The summed E-state index contributed by atoms with van der Waals surface area (Å²) in [6.45, 7) is 1.67. The maximum absolute atomic E-state index is 4.26. The summed E-state index contributed by atoms with van der Waals surface area (Å²) in [7, 11) is 0. The lowest BCUT2D eigenvalue weighted by Crippen LogP contribution is -2.37. The molecule has 3 aromatic rings. The molecule has 7 nitrogen and oxygen atoms in total. The van der Waals surface area contributed by atoms with E-state index >= 15 is 0 Å². The third-order valence-electron chi connectivity index (χ3n) is 4.04. The van der Waals surface area contributed by atoms with Crippen LogP contribution in [0.3, 0.4) is 0 Å². The Morgan fingerprint density at radius 3 is 3.05 bits per heavy atom. The molecule has 0 amide bonds. The quantitative estimate of drug-likeness (QED) is 0.776. The van der Waals surface area contributed by atoms with Gasteiger partial charge in [-0.05, 0) is 18.1 Å². The molecule has 4 rings (SSSR count). The number of rotatable bonds is 4. The van der Waals surface area contributed by atoms with E-state index in [9.17, 15) is 0 Å². The largest absolute Gasteiger partial charge is 0.308 e. The lowest BCUT2D eigenvalue weighted by atomic mass is 10.1. The van der Waals surface area contributed by atoms with E-state index in [1.54, 1.807) is 23.7 Å². The van der Waals surface area contributed by atoms with Crippen LogP contribution in [0.2, 0.25) is 0 Å². The Hall–Kier alpha value is -2.54. The van der Waals surface area contributed by atoms with Crippen molar-refractivity contribution in [2.75, 3.05) is 0 Å². The third kappa shape index (κ3) is 2.50. The minimum atomic E-state index is 0.415. The molecular weight excluding hydrogens is 278 g/mol. The number of benzene rings is 1. The summed E-state index contributed by atoms with van der Waals surface area (Å²) in [5.41, 5.74) is 2.27. The fourth-order valence-corrected chi connectivity index (χ4v) is 2.87. The van der Waals surface area contributed by atoms with Gasteiger partial charge in [0.2, 0.25) is 0 Å². The lowest BCUT2D eigenvalue weighted by Gasteiger charge is -2.24. The molecule has 0 saturated heterocycles. The van der Waals surface area contributed by atoms with Crippen LogP contribution in [0.25, 0.3) is 5.69 Å². The van der Waals surface area contributed by atoms with Crippen LogP contribution in [0.15, 0.2) is 43.2 Å². The van der Waals surface area contributed by atoms with Gasteiger partial charge in [0.25, 0.3) is 0 Å². The van der Waals surface area contributed by atoms with Crippen molar-refractivity contribution in [2.24, 2.45) is 0 Å². The van der Waals surface area contributed by atoms with Crippen molar-refractivity contribution in [1.29, 1.82) is 0 Å². The van der Waals surface area contributed by atoms with Gasteiger partial charge in [-0.3, -0.25) is 0 Å². The normalized spacial score (nSPS) is 17.4. The minimum absolute atomic E-state index is 0.415. The number of hydrogen-bond donors (Lipinski definition) is 1. The zero-order chi connectivity index (χ0) is 14.8. The summed E-state index contributed by atoms with van der Waals surface area (Å²) in [5.74, 6) is 1.08. The molecular formula is C15H17N7. The number of aryl methyl sites for hydroxylation is 1. The third-order valence-corrected chi connectivity index (χ3v) is 4.04. The van der Waals surface area contributed by atoms with Gasteiger partial charge in [-0.2, -0.15) is 10.2 Å². The molecule has 1 N–H and O–H groups in total. The van der Waals surface area contributed by atoms with Crippen molar-refractivity contribution in [3.8, 4) is 5.69 Å². The number of fused-ring (bicyclic) bond motifs is 1. The van der Waals surface area contributed by atoms with Gasteiger partial charge in [0, 0.05) is 19.0 Å². The van der Waals surface area contributed by atoms with Gasteiger partial charge in [0.15, 0.2) is 0 Å². The van der Waals surface area contributed by atoms with Crippen LogP contribution in [0.1, 0.15) is 17.8 Å². The van der Waals surface area contributed by atoms with Gasteiger partial charge in [-0.1, -0.05) is 18.2 Å². The summed E-state index contributed by atoms with van der Waals surface area (Å²) in [4.78, 5) is 8.28. The highest BCUT2D eigenvalue weighted by Gasteiger charge is 2.19. The average Bonchev–Trinajstić information content (AvgIpc) is 3.24. The van der Waals surface area contributed by atoms with Crippen molar-refractivity contribution in [1.82, 2.24) is 34.8 Å². The first-order valence-electron chi connectivity index (χ1n) is 7.43. The number of nitrogens with one attached hydrogen (secondary N) is 1. The van der Waals surface area contributed by atoms with E-state index < -0.39 is 0 Å². The van der Waals surface area contributed by atoms with Crippen LogP contribution < -0.4 is 5.32 Å². The second kappa shape index (κ2) is 5.69. The predicted octanol–water partition coefficient (Wildman–Crippen LogP) is 0.963. The fourth-order valence-electron chi connectivity index (χ4n) is 2.87. The van der Waals surface area contributed by atoms with Crippen molar-refractivity contribution in [3.05, 3.63) is 54.6 Å². The highest BCUT2D eigenvalue weighted by Crippen LogP contribution is 2.15. The second-order valence-corrected chi connectivity index (χ2v) is 5.44. The predicted molar refractivity (Wildman–Crippen MR) is 80.3 cm³/mol. The Labute approximate surface area is 128 Å². The number of aromatic nitrogens is 6. The molecule has 3 heterocycles. The average molecular weight is 295 g/mol. The first-order chi connectivity index (χ1) is 10.9. The molecule has 0 bridgehead atoms. The standard InChI is InChI=1S/C15H17N7/c1-2-4-14(22-11-16-9-19-22)12(3-1)7-17-13-5-6-15-18-10-20-21(15)8-13/h1-4,9-11,13,17H,5-8H2. The maximum atomic E-state index is 4.26. The SMILES string of the molecule is c1ccc(-n2cncn2)c(CNC2CCc3ncnn3C2)c1. The molecule has 1 aliphatic rings. The van der Waals surface area contributed by atoms with Crippen molar-refractivity contribution in [2.45, 2.75) is 32.0 Å². The second-order valence-electron chi connectivity index (χ2n) is 5.44. The molecule has 22 heavy (non-hydrogen) atoms. The molecule has 1 unspecified atom stereocenters. The maximum Gasteiger partial charge on any atom is 0.138 e. The molecule has 2 aromatic heterocycles. The highest BCUT2D eigenvalue weighted by atomic mass is 15.3. The zero-order valence-corrected chi connectivity index (χ0v) is 12.1. The van der Waals surface area contributed by atoms with Gasteiger partial charge < -0.3 is 5.32 Å². The van der Waals surface area contributed by atoms with Gasteiger partial charge in [-0.15, -0.1) is 0 Å². The molecule has 1 aromatic carbocycles. The number of nitrogens with zero attached hydrogens (tertiary/aromatic N) is 6. The lowest BCUT2D eigenvalue weighted by molar-refractivity contribution is 0.358. The highest BCUT2D eigenvalue weighted by molar-refractivity contribution is 5.39. The Bertz CT molecular complexity index is 747. The van der Waals surface area contributed by atoms with E-state index in [1.807, 2.05) is 16.8 Å². The van der Waals surface area contributed by atoms with E-state index in [-0.39, 0.29) is 0 Å². The van der Waals surface area contributed by atoms with Crippen LogP contribution >= 0.6 is 0 Å². The van der Waals surface area contributed by atoms with E-state index in [4.69, 9.17) is 0 Å². The van der Waals surface area contributed by atoms with Gasteiger partial charge in [-0.25, -0.2) is 19.3 Å². The first kappa shape index (κ1) is 13.1. The van der Waals surface area contributed by atoms with E-state index in [0.29, 0.717) is 6.04 Å². The molecule has 0 saturated carbocycles. The fraction of sp³-hybridized carbons (Fsp3) is 0.333. The number of hydrogen-bond acceptors (Lipinski definition) is 5. The Kier molecular flexibility index (Phi) is 3.40. The van der Waals surface area contributed by atoms with Crippen molar-refractivity contribution < 1.29 is 0 Å². The topological polar surface area (TPSA) is 73.5 Å². The summed E-state index contributed by atoms with van der Waals surface area (Å²) in [6, 6.07) is 8.66. The summed E-state index contributed by atoms with van der Waals surface area (Å²) >= 11 is 0. The van der Waals surface area contributed by atoms with Gasteiger partial charge >= 0.3 is 0 Å². The smallest absolute Gasteiger partial charge is 0.138 e. The van der Waals surface area contributed by atoms with E-state index in [1.165, 1.54) is 5.56 Å². The molecule has 0 radical (unpaired) electrons.